The second-order valence-corrected chi connectivity index (χ2v) is 22.2. The number of likely N-dealkylation sites (N-methyl/N-ethyl adjacent to an activating group) is 1. The molecule has 4 fully saturated rings. The van der Waals surface area contributed by atoms with E-state index in [1.165, 1.54) is 5.57 Å². The number of aliphatic carboxylic acids is 1. The maximum absolute atomic E-state index is 14.3. The van der Waals surface area contributed by atoms with Gasteiger partial charge in [0, 0.05) is 48.5 Å². The van der Waals surface area contributed by atoms with E-state index in [0.29, 0.717) is 36.4 Å². The summed E-state index contributed by atoms with van der Waals surface area (Å²) in [5, 5.41) is 23.1. The van der Waals surface area contributed by atoms with Crippen molar-refractivity contribution in [3.63, 3.8) is 0 Å². The van der Waals surface area contributed by atoms with Gasteiger partial charge in [-0.15, -0.1) is 0 Å². The quantitative estimate of drug-likeness (QED) is 0.190. The highest BCUT2D eigenvalue weighted by molar-refractivity contribution is 6.30. The van der Waals surface area contributed by atoms with Crippen LogP contribution in [0.1, 0.15) is 132 Å². The van der Waals surface area contributed by atoms with Gasteiger partial charge in [-0.25, -0.2) is 0 Å². The molecule has 9 heteroatoms. The molecule has 0 amide bonds. The van der Waals surface area contributed by atoms with Crippen LogP contribution in [0.2, 0.25) is 5.02 Å². The van der Waals surface area contributed by atoms with Crippen LogP contribution in [0.5, 0.6) is 0 Å². The van der Waals surface area contributed by atoms with Gasteiger partial charge in [0.2, 0.25) is 0 Å². The van der Waals surface area contributed by atoms with Crippen molar-refractivity contribution in [3.8, 4) is 0 Å². The Bertz CT molecular complexity index is 1750. The zero-order valence-electron chi connectivity index (χ0n) is 37.0. The Morgan fingerprint density at radius 2 is 1.65 bits per heavy atom. The fourth-order valence-electron chi connectivity index (χ4n) is 13.8. The molecule has 0 bridgehead atoms. The van der Waals surface area contributed by atoms with E-state index in [4.69, 9.17) is 16.3 Å². The second-order valence-electron chi connectivity index (χ2n) is 21.7. The number of hydrogen-bond donors (Lipinski definition) is 2. The number of esters is 1. The van der Waals surface area contributed by atoms with Gasteiger partial charge in [-0.05, 0) is 142 Å². The Morgan fingerprint density at radius 3 is 2.28 bits per heavy atom. The monoisotopic (exact) mass is 809 g/mol. The van der Waals surface area contributed by atoms with Crippen molar-refractivity contribution in [1.82, 2.24) is 9.80 Å². The van der Waals surface area contributed by atoms with Gasteiger partial charge in [0.25, 0.3) is 0 Å². The molecule has 2 N–H and O–H groups in total. The van der Waals surface area contributed by atoms with E-state index in [2.05, 4.69) is 78.4 Å². The molecular weight excluding hydrogens is 736 g/mol. The van der Waals surface area contributed by atoms with Crippen LogP contribution in [-0.2, 0) is 25.7 Å². The molecule has 4 saturated carbocycles. The highest BCUT2D eigenvalue weighted by atomic mass is 35.5. The van der Waals surface area contributed by atoms with Gasteiger partial charge in [0.15, 0.2) is 5.78 Å². The molecule has 5 aliphatic carbocycles. The van der Waals surface area contributed by atoms with E-state index in [9.17, 15) is 24.6 Å². The van der Waals surface area contributed by atoms with E-state index >= 15 is 0 Å². The Labute approximate surface area is 348 Å². The van der Waals surface area contributed by atoms with Crippen molar-refractivity contribution in [2.75, 3.05) is 33.7 Å². The molecule has 0 aromatic heterocycles. The summed E-state index contributed by atoms with van der Waals surface area (Å²) in [5.41, 5.74) is 1.48. The average Bonchev–Trinajstić information content (AvgIpc) is 3.42. The summed E-state index contributed by atoms with van der Waals surface area (Å²) in [4.78, 5) is 43.8. The number of aliphatic hydroxyl groups excluding tert-OH is 1. The minimum atomic E-state index is -1.17. The van der Waals surface area contributed by atoms with Gasteiger partial charge in [-0.1, -0.05) is 77.8 Å². The topological polar surface area (TPSA) is 107 Å². The van der Waals surface area contributed by atoms with Crippen LogP contribution in [0.4, 0.5) is 0 Å². The molecule has 0 saturated heterocycles. The van der Waals surface area contributed by atoms with Crippen LogP contribution in [-0.4, -0.2) is 83.7 Å². The average molecular weight is 810 g/mol. The first-order valence-electron chi connectivity index (χ1n) is 21.9. The summed E-state index contributed by atoms with van der Waals surface area (Å²) in [6.07, 6.45) is 7.11. The number of carboxylic acids is 1. The smallest absolute Gasteiger partial charge is 0.309 e. The van der Waals surface area contributed by atoms with E-state index in [0.717, 1.165) is 75.6 Å². The molecule has 6 rings (SSSR count). The third kappa shape index (κ3) is 7.58. The largest absolute Gasteiger partial charge is 0.481 e. The number of nitrogens with zero attached hydrogens (tertiary/aromatic N) is 2. The number of aliphatic hydroxyl groups is 1. The Kier molecular flexibility index (Phi) is 12.2. The van der Waals surface area contributed by atoms with Gasteiger partial charge >= 0.3 is 11.9 Å². The van der Waals surface area contributed by atoms with Crippen LogP contribution in [0, 0.1) is 56.2 Å². The molecule has 0 spiro atoms. The third-order valence-corrected chi connectivity index (χ3v) is 17.3. The molecule has 0 heterocycles. The first kappa shape index (κ1) is 44.3. The van der Waals surface area contributed by atoms with Gasteiger partial charge in [0.1, 0.15) is 6.10 Å². The van der Waals surface area contributed by atoms with Gasteiger partial charge in [0.05, 0.1) is 17.9 Å². The number of carbonyl (C=O) groups is 3. The van der Waals surface area contributed by atoms with Gasteiger partial charge < -0.3 is 19.8 Å². The number of carboxylic acid groups (broad SMARTS) is 1. The fraction of sp³-hybridized carbons (Fsp3) is 0.771. The SMILES string of the molecule is CC(C)C1=C2[C@@H]3CC[C@@H]4[C@]5(C)CC[C@H](OC(=O)CC(C)(C)C(=O)O)C(C)(C)[C@@H]5CC[C@]4(C)[C@]3(C)CC[C@@]2([C@@H](O)CN(CCN(C)C)Cc2cccc(Cl)c2)CC1=O. The first-order chi connectivity index (χ1) is 26.4. The number of carbonyl (C=O) groups excluding carboxylic acids is 2. The number of rotatable bonds is 13. The standard InChI is InChI=1S/C48H73ClN2O6/c1-30(2)40-34(52)26-48(37(53)29-51(24-23-50(10)11)28-31-13-12-14-32(49)25-31)22-21-46(8)33(41(40)48)15-16-36-45(7)19-18-38(57-39(54)27-43(3,4)42(55)56)44(5,6)35(45)17-20-47(36,46)9/h12-14,25,30,33,35-38,53H,15-24,26-29H2,1-11H3,(H,55,56)/t33-,35-,36+,37-,38-,45+,46+,47-,48-/m0/s1. The number of ether oxygens (including phenoxy) is 1. The zero-order chi connectivity index (χ0) is 42.1. The molecule has 1 aromatic rings. The number of hydrogen-bond acceptors (Lipinski definition) is 7. The summed E-state index contributed by atoms with van der Waals surface area (Å²) < 4.78 is 6.20. The number of allylic oxidation sites excluding steroid dienone is 1. The lowest BCUT2D eigenvalue weighted by Crippen LogP contribution is -2.66. The van der Waals surface area contributed by atoms with Crippen molar-refractivity contribution >= 4 is 29.3 Å². The van der Waals surface area contributed by atoms with E-state index in [1.54, 1.807) is 13.8 Å². The van der Waals surface area contributed by atoms with Crippen LogP contribution >= 0.6 is 11.6 Å². The molecular formula is C48H73ClN2O6. The van der Waals surface area contributed by atoms with E-state index in [-0.39, 0.29) is 51.8 Å². The molecule has 1 aromatic carbocycles. The fourth-order valence-corrected chi connectivity index (χ4v) is 14.0. The zero-order valence-corrected chi connectivity index (χ0v) is 37.7. The summed E-state index contributed by atoms with van der Waals surface area (Å²) >= 11 is 6.41. The van der Waals surface area contributed by atoms with Gasteiger partial charge in [-0.2, -0.15) is 0 Å². The second kappa shape index (κ2) is 15.6. The maximum atomic E-state index is 14.3. The molecule has 0 unspecified atom stereocenters. The van der Waals surface area contributed by atoms with Crippen molar-refractivity contribution in [2.45, 2.75) is 145 Å². The summed E-state index contributed by atoms with van der Waals surface area (Å²) in [6, 6.07) is 8.00. The lowest BCUT2D eigenvalue weighted by Gasteiger charge is -2.72. The lowest BCUT2D eigenvalue weighted by molar-refractivity contribution is -0.235. The highest BCUT2D eigenvalue weighted by Crippen LogP contribution is 2.77. The van der Waals surface area contributed by atoms with Crippen LogP contribution in [0.3, 0.4) is 0 Å². The predicted molar refractivity (Wildman–Crippen MR) is 227 cm³/mol. The van der Waals surface area contributed by atoms with Crippen molar-refractivity contribution in [3.05, 3.63) is 46.0 Å². The lowest BCUT2D eigenvalue weighted by atomic mass is 9.33. The Morgan fingerprint density at radius 1 is 0.947 bits per heavy atom. The number of Topliss-reactive ketones (excluding diaryl/α,β-unsaturated/α-hetero) is 1. The molecule has 57 heavy (non-hydrogen) atoms. The molecule has 9 atom stereocenters. The normalized spacial score (nSPS) is 35.5. The minimum Gasteiger partial charge on any atom is -0.481 e. The van der Waals surface area contributed by atoms with Gasteiger partial charge in [-0.3, -0.25) is 19.3 Å². The molecule has 0 aliphatic heterocycles. The van der Waals surface area contributed by atoms with Crippen molar-refractivity contribution in [2.24, 2.45) is 56.2 Å². The minimum absolute atomic E-state index is 0.0333. The highest BCUT2D eigenvalue weighted by Gasteiger charge is 2.71. The van der Waals surface area contributed by atoms with Crippen molar-refractivity contribution < 1.29 is 29.3 Å². The number of ketones is 1. The Hall–Kier alpha value is -2.26. The predicted octanol–water partition coefficient (Wildman–Crippen LogP) is 9.46. The number of benzene rings is 1. The maximum Gasteiger partial charge on any atom is 0.309 e. The van der Waals surface area contributed by atoms with E-state index in [1.807, 2.05) is 18.2 Å². The molecule has 5 aliphatic rings. The van der Waals surface area contributed by atoms with E-state index < -0.39 is 28.9 Å². The Balaban J connectivity index is 1.29. The van der Waals surface area contributed by atoms with Crippen LogP contribution < -0.4 is 0 Å². The first-order valence-corrected chi connectivity index (χ1v) is 22.3. The number of fused-ring (bicyclic) bond motifs is 7. The number of halogens is 1. The molecule has 8 nitrogen and oxygen atoms in total. The third-order valence-electron chi connectivity index (χ3n) is 17.1. The molecule has 318 valence electrons. The summed E-state index contributed by atoms with van der Waals surface area (Å²) in [7, 11) is 4.16. The molecule has 0 radical (unpaired) electrons. The van der Waals surface area contributed by atoms with Crippen LogP contribution in [0.25, 0.3) is 0 Å². The summed E-state index contributed by atoms with van der Waals surface area (Å²) in [6.45, 7) is 22.6. The summed E-state index contributed by atoms with van der Waals surface area (Å²) in [5.74, 6) is -0.00895. The van der Waals surface area contributed by atoms with Crippen LogP contribution in [0.15, 0.2) is 35.4 Å². The van der Waals surface area contributed by atoms with Crippen molar-refractivity contribution in [1.29, 1.82) is 0 Å².